The second-order valence-corrected chi connectivity index (χ2v) is 8.43. The fourth-order valence-corrected chi connectivity index (χ4v) is 4.14. The van der Waals surface area contributed by atoms with Gasteiger partial charge >= 0.3 is 0 Å². The van der Waals surface area contributed by atoms with Crippen LogP contribution in [-0.2, 0) is 0 Å². The summed E-state index contributed by atoms with van der Waals surface area (Å²) >= 11 is 1.49. The number of phenolic OH excluding ortho intramolecular Hbond substituents is 1. The number of tetrazole rings is 1. The molecule has 0 radical (unpaired) electrons. The predicted molar refractivity (Wildman–Crippen MR) is 120 cm³/mol. The Balaban J connectivity index is 1.32. The number of rotatable bonds is 4. The van der Waals surface area contributed by atoms with Crippen LogP contribution in [0.1, 0.15) is 51.8 Å². The number of thiazole rings is 1. The molecule has 0 atom stereocenters. The van der Waals surface area contributed by atoms with Gasteiger partial charge in [-0.15, -0.1) is 21.5 Å². The molecule has 164 valence electrons. The lowest BCUT2D eigenvalue weighted by Crippen LogP contribution is -2.13. The molecule has 3 N–H and O–H groups in total. The number of anilines is 1. The first kappa shape index (κ1) is 20.8. The molecule has 1 aliphatic rings. The molecule has 2 aromatic carbocycles. The van der Waals surface area contributed by atoms with E-state index in [4.69, 9.17) is 0 Å². The summed E-state index contributed by atoms with van der Waals surface area (Å²) in [4.78, 5) is 17.2. The van der Waals surface area contributed by atoms with Gasteiger partial charge in [-0.1, -0.05) is 12.3 Å². The molecule has 1 aliphatic carbocycles. The molecular formula is C23H17FN6O2S. The van der Waals surface area contributed by atoms with Crippen LogP contribution in [0.5, 0.6) is 5.75 Å². The molecule has 2 aromatic heterocycles. The standard InChI is InChI=1S/C23H17FN6O2S/c24-17-8-4-13(5-9-21-25-19(12-33-21)14-2-1-3-14)10-18(17)26-23(32)16-7-6-15(11-20(16)31)22-27-29-30-28-22/h4,6-8,10-12,14,31H,1-3H2,(H,26,32)(H,27,28,29,30). The van der Waals surface area contributed by atoms with Crippen LogP contribution in [0.3, 0.4) is 0 Å². The Bertz CT molecular complexity index is 1390. The van der Waals surface area contributed by atoms with E-state index < -0.39 is 11.7 Å². The Morgan fingerprint density at radius 3 is 2.82 bits per heavy atom. The van der Waals surface area contributed by atoms with Crippen molar-refractivity contribution < 1.29 is 14.3 Å². The normalized spacial score (nSPS) is 13.1. The first-order valence-electron chi connectivity index (χ1n) is 10.2. The Hall–Kier alpha value is -4.10. The number of aromatic nitrogens is 5. The molecule has 0 aliphatic heterocycles. The fraction of sp³-hybridized carbons (Fsp3) is 0.174. The summed E-state index contributed by atoms with van der Waals surface area (Å²) in [6.45, 7) is 0. The minimum Gasteiger partial charge on any atom is -0.507 e. The topological polar surface area (TPSA) is 117 Å². The number of carbonyl (C=O) groups excluding carboxylic acids is 1. The van der Waals surface area contributed by atoms with E-state index in [2.05, 4.69) is 42.8 Å². The number of nitrogens with one attached hydrogen (secondary N) is 2. The zero-order valence-corrected chi connectivity index (χ0v) is 18.0. The molecule has 10 heteroatoms. The third-order valence-electron chi connectivity index (χ3n) is 5.42. The maximum Gasteiger partial charge on any atom is 0.259 e. The van der Waals surface area contributed by atoms with Gasteiger partial charge in [-0.05, 0) is 60.4 Å². The van der Waals surface area contributed by atoms with Gasteiger partial charge in [0.25, 0.3) is 5.91 Å². The Morgan fingerprint density at radius 2 is 2.09 bits per heavy atom. The van der Waals surface area contributed by atoms with Gasteiger partial charge in [0.15, 0.2) is 5.01 Å². The zero-order chi connectivity index (χ0) is 22.8. The molecule has 0 spiro atoms. The molecule has 0 unspecified atom stereocenters. The number of nitrogens with zero attached hydrogens (tertiary/aromatic N) is 4. The molecule has 33 heavy (non-hydrogen) atoms. The van der Waals surface area contributed by atoms with Gasteiger partial charge in [-0.3, -0.25) is 4.79 Å². The monoisotopic (exact) mass is 460 g/mol. The van der Waals surface area contributed by atoms with Gasteiger partial charge in [-0.25, -0.2) is 9.37 Å². The highest BCUT2D eigenvalue weighted by molar-refractivity contribution is 7.10. The number of halogens is 1. The molecule has 2 heterocycles. The van der Waals surface area contributed by atoms with Crippen LogP contribution in [0.25, 0.3) is 11.4 Å². The van der Waals surface area contributed by atoms with Crippen molar-refractivity contribution in [2.75, 3.05) is 5.32 Å². The lowest BCUT2D eigenvalue weighted by Gasteiger charge is -2.22. The number of phenols is 1. The number of hydrogen-bond acceptors (Lipinski definition) is 7. The Kier molecular flexibility index (Phi) is 5.54. The van der Waals surface area contributed by atoms with Crippen molar-refractivity contribution in [3.05, 3.63) is 69.4 Å². The van der Waals surface area contributed by atoms with Crippen LogP contribution < -0.4 is 5.32 Å². The molecule has 4 aromatic rings. The highest BCUT2D eigenvalue weighted by Crippen LogP contribution is 2.36. The molecule has 8 nitrogen and oxygen atoms in total. The number of H-pyrrole nitrogens is 1. The fourth-order valence-electron chi connectivity index (χ4n) is 3.40. The van der Waals surface area contributed by atoms with Crippen molar-refractivity contribution in [2.24, 2.45) is 0 Å². The molecule has 1 amide bonds. The third kappa shape index (κ3) is 4.44. The van der Waals surface area contributed by atoms with Gasteiger partial charge in [0.05, 0.1) is 16.9 Å². The minimum absolute atomic E-state index is 0.0237. The van der Waals surface area contributed by atoms with Crippen molar-refractivity contribution >= 4 is 22.9 Å². The first-order chi connectivity index (χ1) is 16.1. The molecule has 1 fully saturated rings. The van der Waals surface area contributed by atoms with E-state index in [0.29, 0.717) is 22.1 Å². The summed E-state index contributed by atoms with van der Waals surface area (Å²) < 4.78 is 14.3. The second-order valence-electron chi connectivity index (χ2n) is 7.57. The van der Waals surface area contributed by atoms with Crippen LogP contribution in [0, 0.1) is 17.7 Å². The molecule has 0 bridgehead atoms. The van der Waals surface area contributed by atoms with E-state index in [1.165, 1.54) is 60.9 Å². The molecule has 0 saturated heterocycles. The Morgan fingerprint density at radius 1 is 1.21 bits per heavy atom. The average molecular weight is 460 g/mol. The second kappa shape index (κ2) is 8.80. The number of hydrogen-bond donors (Lipinski definition) is 3. The van der Waals surface area contributed by atoms with Crippen LogP contribution in [0.15, 0.2) is 41.8 Å². The highest BCUT2D eigenvalue weighted by atomic mass is 32.1. The quantitative estimate of drug-likeness (QED) is 0.395. The number of carbonyl (C=O) groups is 1. The molecule has 5 rings (SSSR count). The largest absolute Gasteiger partial charge is 0.507 e. The van der Waals surface area contributed by atoms with Crippen LogP contribution in [0.4, 0.5) is 10.1 Å². The minimum atomic E-state index is -0.666. The van der Waals surface area contributed by atoms with Crippen molar-refractivity contribution in [2.45, 2.75) is 25.2 Å². The van der Waals surface area contributed by atoms with Crippen molar-refractivity contribution in [3.8, 4) is 29.0 Å². The predicted octanol–water partition coefficient (Wildman–Crippen LogP) is 4.09. The lowest BCUT2D eigenvalue weighted by atomic mass is 9.83. The summed E-state index contributed by atoms with van der Waals surface area (Å²) in [6.07, 6.45) is 3.59. The number of aromatic amines is 1. The third-order valence-corrected chi connectivity index (χ3v) is 6.20. The van der Waals surface area contributed by atoms with Crippen LogP contribution in [-0.4, -0.2) is 36.6 Å². The van der Waals surface area contributed by atoms with E-state index in [1.54, 1.807) is 6.07 Å². The number of aromatic hydroxyl groups is 1. The number of benzene rings is 2. The smallest absolute Gasteiger partial charge is 0.259 e. The summed E-state index contributed by atoms with van der Waals surface area (Å²) in [7, 11) is 0. The van der Waals surface area contributed by atoms with Crippen molar-refractivity contribution in [3.63, 3.8) is 0 Å². The van der Waals surface area contributed by atoms with E-state index in [1.807, 2.05) is 5.38 Å². The highest BCUT2D eigenvalue weighted by Gasteiger charge is 2.21. The SMILES string of the molecule is O=C(Nc1cc(C#Cc2nc(C3CCC3)cs2)ccc1F)c1ccc(-c2nn[nH]n2)cc1O. The summed E-state index contributed by atoms with van der Waals surface area (Å²) in [6, 6.07) is 8.52. The van der Waals surface area contributed by atoms with E-state index in [9.17, 15) is 14.3 Å². The van der Waals surface area contributed by atoms with E-state index in [0.717, 1.165) is 5.69 Å². The van der Waals surface area contributed by atoms with Gasteiger partial charge in [0, 0.05) is 22.4 Å². The maximum atomic E-state index is 14.3. The van der Waals surface area contributed by atoms with Crippen LogP contribution >= 0.6 is 11.3 Å². The Labute approximate surface area is 191 Å². The van der Waals surface area contributed by atoms with Crippen LogP contribution in [0.2, 0.25) is 0 Å². The lowest BCUT2D eigenvalue weighted by molar-refractivity contribution is 0.102. The summed E-state index contributed by atoms with van der Waals surface area (Å²) in [5.41, 5.74) is 2.03. The summed E-state index contributed by atoms with van der Waals surface area (Å²) in [5, 5.41) is 28.9. The van der Waals surface area contributed by atoms with Gasteiger partial charge in [0.1, 0.15) is 11.6 Å². The van der Waals surface area contributed by atoms with E-state index >= 15 is 0 Å². The van der Waals surface area contributed by atoms with Crippen molar-refractivity contribution in [1.82, 2.24) is 25.6 Å². The number of amides is 1. The average Bonchev–Trinajstić information content (AvgIpc) is 3.45. The zero-order valence-electron chi connectivity index (χ0n) is 17.2. The van der Waals surface area contributed by atoms with Gasteiger partial charge in [0.2, 0.25) is 5.82 Å². The molecule has 1 saturated carbocycles. The maximum absolute atomic E-state index is 14.3. The van der Waals surface area contributed by atoms with E-state index in [-0.39, 0.29) is 22.8 Å². The van der Waals surface area contributed by atoms with Gasteiger partial charge < -0.3 is 10.4 Å². The van der Waals surface area contributed by atoms with Crippen molar-refractivity contribution in [1.29, 1.82) is 0 Å². The molecular weight excluding hydrogens is 443 g/mol. The summed E-state index contributed by atoms with van der Waals surface area (Å²) in [5.74, 6) is 5.22. The van der Waals surface area contributed by atoms with Gasteiger partial charge in [-0.2, -0.15) is 5.21 Å². The first-order valence-corrected chi connectivity index (χ1v) is 11.1.